The lowest BCUT2D eigenvalue weighted by atomic mass is 9.95. The molecule has 5 rings (SSSR count). The number of hydrogen-bond acceptors (Lipinski definition) is 6. The summed E-state index contributed by atoms with van der Waals surface area (Å²) >= 11 is 0. The molecule has 1 unspecified atom stereocenters. The number of amides is 1. The first-order chi connectivity index (χ1) is 16.0. The maximum absolute atomic E-state index is 13.6. The summed E-state index contributed by atoms with van der Waals surface area (Å²) in [6.07, 6.45) is 0. The van der Waals surface area contributed by atoms with E-state index >= 15 is 0 Å². The van der Waals surface area contributed by atoms with Gasteiger partial charge in [-0.05, 0) is 60.2 Å². The van der Waals surface area contributed by atoms with Crippen molar-refractivity contribution in [2.24, 2.45) is 0 Å². The molecule has 1 saturated heterocycles. The molecular formula is C25H18FNO6. The number of aliphatic hydroxyl groups is 1. The van der Waals surface area contributed by atoms with E-state index in [1.165, 1.54) is 36.3 Å². The summed E-state index contributed by atoms with van der Waals surface area (Å²) in [5.74, 6) is -0.976. The number of anilines is 1. The molecule has 33 heavy (non-hydrogen) atoms. The van der Waals surface area contributed by atoms with E-state index in [4.69, 9.17) is 14.2 Å². The topological polar surface area (TPSA) is 85.3 Å². The molecule has 1 atom stereocenters. The summed E-state index contributed by atoms with van der Waals surface area (Å²) in [5, 5.41) is 11.2. The molecule has 2 heterocycles. The quantitative estimate of drug-likeness (QED) is 0.367. The molecule has 0 aliphatic carbocycles. The highest BCUT2D eigenvalue weighted by Crippen LogP contribution is 2.43. The average Bonchev–Trinajstić information content (AvgIpc) is 3.41. The van der Waals surface area contributed by atoms with Gasteiger partial charge in [0.2, 0.25) is 6.79 Å². The van der Waals surface area contributed by atoms with Gasteiger partial charge < -0.3 is 19.3 Å². The number of ether oxygens (including phenoxy) is 3. The number of methoxy groups -OCH3 is 1. The number of Topliss-reactive ketones (excluding diaryl/α,β-unsaturated/α-hetero) is 1. The minimum Gasteiger partial charge on any atom is -0.507 e. The summed E-state index contributed by atoms with van der Waals surface area (Å²) in [6, 6.07) is 15.8. The minimum atomic E-state index is -0.968. The fourth-order valence-electron chi connectivity index (χ4n) is 4.00. The Hall–Kier alpha value is -4.33. The van der Waals surface area contributed by atoms with Crippen LogP contribution in [0.5, 0.6) is 17.2 Å². The Labute approximate surface area is 188 Å². The van der Waals surface area contributed by atoms with Crippen molar-refractivity contribution < 1.29 is 33.3 Å². The Morgan fingerprint density at radius 2 is 1.70 bits per heavy atom. The number of aliphatic hydroxyl groups excluding tert-OH is 1. The van der Waals surface area contributed by atoms with Crippen LogP contribution < -0.4 is 19.1 Å². The summed E-state index contributed by atoms with van der Waals surface area (Å²) < 4.78 is 29.5. The van der Waals surface area contributed by atoms with Crippen molar-refractivity contribution >= 4 is 23.1 Å². The van der Waals surface area contributed by atoms with Gasteiger partial charge in [0.25, 0.3) is 11.7 Å². The SMILES string of the molecule is COc1ccc(N2C(=O)C(=O)/C(=C(\O)c3ccc4c(c3)OCO4)C2c2ccc(F)cc2)cc1. The smallest absolute Gasteiger partial charge is 0.300 e. The Bertz CT molecular complexity index is 1280. The molecule has 1 amide bonds. The second kappa shape index (κ2) is 7.98. The maximum atomic E-state index is 13.6. The van der Waals surface area contributed by atoms with Crippen LogP contribution in [0.25, 0.3) is 5.76 Å². The molecule has 7 nitrogen and oxygen atoms in total. The van der Waals surface area contributed by atoms with Crippen LogP contribution in [0.4, 0.5) is 10.1 Å². The van der Waals surface area contributed by atoms with E-state index < -0.39 is 23.5 Å². The number of hydrogen-bond donors (Lipinski definition) is 1. The molecule has 1 fully saturated rings. The van der Waals surface area contributed by atoms with E-state index in [-0.39, 0.29) is 18.1 Å². The maximum Gasteiger partial charge on any atom is 0.300 e. The predicted octanol–water partition coefficient (Wildman–Crippen LogP) is 4.19. The van der Waals surface area contributed by atoms with Gasteiger partial charge in [0.1, 0.15) is 17.3 Å². The van der Waals surface area contributed by atoms with E-state index in [1.807, 2.05) is 0 Å². The number of nitrogens with zero attached hydrogens (tertiary/aromatic N) is 1. The molecule has 0 radical (unpaired) electrons. The summed E-state index contributed by atoms with van der Waals surface area (Å²) in [7, 11) is 1.52. The first kappa shape index (κ1) is 20.6. The average molecular weight is 447 g/mol. The van der Waals surface area contributed by atoms with Crippen LogP contribution in [-0.4, -0.2) is 30.7 Å². The number of ketones is 1. The van der Waals surface area contributed by atoms with Crippen molar-refractivity contribution in [3.8, 4) is 17.2 Å². The lowest BCUT2D eigenvalue weighted by Crippen LogP contribution is -2.29. The van der Waals surface area contributed by atoms with Gasteiger partial charge in [-0.15, -0.1) is 0 Å². The zero-order valence-electron chi connectivity index (χ0n) is 17.4. The lowest BCUT2D eigenvalue weighted by molar-refractivity contribution is -0.132. The Balaban J connectivity index is 1.68. The van der Waals surface area contributed by atoms with Crippen molar-refractivity contribution in [1.29, 1.82) is 0 Å². The number of benzene rings is 3. The van der Waals surface area contributed by atoms with Crippen molar-refractivity contribution in [1.82, 2.24) is 0 Å². The van der Waals surface area contributed by atoms with Crippen LogP contribution in [0.2, 0.25) is 0 Å². The normalized spacial score (nSPS) is 18.6. The Morgan fingerprint density at radius 1 is 1.00 bits per heavy atom. The standard InChI is InChI=1S/C25H18FNO6/c1-31-18-9-7-17(8-10-18)27-22(14-2-5-16(26)6-3-14)21(24(29)25(27)30)23(28)15-4-11-19-20(12-15)33-13-32-19/h2-12,22,28H,13H2,1H3/b23-21-. The minimum absolute atomic E-state index is 0.0526. The third kappa shape index (κ3) is 3.45. The van der Waals surface area contributed by atoms with E-state index in [2.05, 4.69) is 0 Å². The van der Waals surface area contributed by atoms with Gasteiger partial charge in [0, 0.05) is 11.3 Å². The predicted molar refractivity (Wildman–Crippen MR) is 117 cm³/mol. The van der Waals surface area contributed by atoms with Crippen LogP contribution >= 0.6 is 0 Å². The molecule has 2 aliphatic heterocycles. The number of halogens is 1. The molecule has 2 aliphatic rings. The molecule has 0 saturated carbocycles. The van der Waals surface area contributed by atoms with Crippen molar-refractivity contribution in [2.75, 3.05) is 18.8 Å². The zero-order chi connectivity index (χ0) is 23.1. The van der Waals surface area contributed by atoms with Crippen LogP contribution in [0, 0.1) is 5.82 Å². The van der Waals surface area contributed by atoms with Crippen LogP contribution in [0.3, 0.4) is 0 Å². The molecule has 0 spiro atoms. The van der Waals surface area contributed by atoms with Gasteiger partial charge in [0.05, 0.1) is 18.7 Å². The summed E-state index contributed by atoms with van der Waals surface area (Å²) in [4.78, 5) is 27.6. The van der Waals surface area contributed by atoms with Gasteiger partial charge in [-0.3, -0.25) is 14.5 Å². The molecule has 3 aromatic rings. The van der Waals surface area contributed by atoms with Crippen molar-refractivity contribution in [2.45, 2.75) is 6.04 Å². The summed E-state index contributed by atoms with van der Waals surface area (Å²) in [5.41, 5.74) is 1.08. The van der Waals surface area contributed by atoms with E-state index in [0.717, 1.165) is 0 Å². The number of fused-ring (bicyclic) bond motifs is 1. The molecule has 3 aromatic carbocycles. The van der Waals surface area contributed by atoms with Crippen molar-refractivity contribution in [3.63, 3.8) is 0 Å². The Morgan fingerprint density at radius 3 is 2.39 bits per heavy atom. The van der Waals surface area contributed by atoms with Gasteiger partial charge in [-0.1, -0.05) is 12.1 Å². The van der Waals surface area contributed by atoms with Gasteiger partial charge in [-0.25, -0.2) is 4.39 Å². The molecular weight excluding hydrogens is 429 g/mol. The number of carbonyl (C=O) groups is 2. The second-order valence-corrected chi connectivity index (χ2v) is 7.49. The summed E-state index contributed by atoms with van der Waals surface area (Å²) in [6.45, 7) is 0.0526. The molecule has 0 aromatic heterocycles. The van der Waals surface area contributed by atoms with Gasteiger partial charge in [0.15, 0.2) is 11.5 Å². The lowest BCUT2D eigenvalue weighted by Gasteiger charge is -2.25. The highest BCUT2D eigenvalue weighted by atomic mass is 19.1. The molecule has 8 heteroatoms. The largest absolute Gasteiger partial charge is 0.507 e. The zero-order valence-corrected chi connectivity index (χ0v) is 17.4. The fourth-order valence-corrected chi connectivity index (χ4v) is 4.00. The third-order valence-corrected chi connectivity index (χ3v) is 5.63. The molecule has 166 valence electrons. The highest BCUT2D eigenvalue weighted by molar-refractivity contribution is 6.51. The van der Waals surface area contributed by atoms with E-state index in [1.54, 1.807) is 42.5 Å². The van der Waals surface area contributed by atoms with Gasteiger partial charge in [-0.2, -0.15) is 0 Å². The number of carbonyl (C=O) groups excluding carboxylic acids is 2. The van der Waals surface area contributed by atoms with E-state index in [9.17, 15) is 19.1 Å². The molecule has 0 bridgehead atoms. The third-order valence-electron chi connectivity index (χ3n) is 5.63. The van der Waals surface area contributed by atoms with Crippen molar-refractivity contribution in [3.05, 3.63) is 89.2 Å². The first-order valence-electron chi connectivity index (χ1n) is 10.1. The highest BCUT2D eigenvalue weighted by Gasteiger charge is 2.47. The van der Waals surface area contributed by atoms with Crippen LogP contribution in [-0.2, 0) is 9.59 Å². The monoisotopic (exact) mass is 447 g/mol. The molecule has 1 N–H and O–H groups in total. The first-order valence-corrected chi connectivity index (χ1v) is 10.1. The second-order valence-electron chi connectivity index (χ2n) is 7.49. The van der Waals surface area contributed by atoms with Crippen LogP contribution in [0.15, 0.2) is 72.3 Å². The Kier molecular flexibility index (Phi) is 4.97. The fraction of sp³-hybridized carbons (Fsp3) is 0.120. The van der Waals surface area contributed by atoms with Gasteiger partial charge >= 0.3 is 0 Å². The van der Waals surface area contributed by atoms with E-state index in [0.29, 0.717) is 34.1 Å². The number of rotatable bonds is 4. The van der Waals surface area contributed by atoms with Crippen LogP contribution in [0.1, 0.15) is 17.2 Å².